The van der Waals surface area contributed by atoms with E-state index in [-0.39, 0.29) is 18.2 Å². The van der Waals surface area contributed by atoms with Crippen LogP contribution in [0.3, 0.4) is 0 Å². The molecule has 0 saturated carbocycles. The molecule has 0 fully saturated rings. The molecule has 1 amide bonds. The smallest absolute Gasteiger partial charge is 0.280 e. The Morgan fingerprint density at radius 1 is 1.25 bits per heavy atom. The van der Waals surface area contributed by atoms with Crippen LogP contribution in [0.25, 0.3) is 11.3 Å². The monoisotopic (exact) mass is 401 g/mol. The van der Waals surface area contributed by atoms with E-state index < -0.39 is 0 Å². The highest BCUT2D eigenvalue weighted by molar-refractivity contribution is 7.16. The van der Waals surface area contributed by atoms with Crippen LogP contribution in [-0.4, -0.2) is 36.4 Å². The molecule has 4 rings (SSSR count). The summed E-state index contributed by atoms with van der Waals surface area (Å²) in [6.45, 7) is 5.01. The van der Waals surface area contributed by atoms with Crippen LogP contribution in [0.5, 0.6) is 11.5 Å². The Morgan fingerprint density at radius 2 is 2.04 bits per heavy atom. The summed E-state index contributed by atoms with van der Waals surface area (Å²) in [4.78, 5) is 18.2. The third-order valence-electron chi connectivity index (χ3n) is 4.32. The van der Waals surface area contributed by atoms with Crippen molar-refractivity contribution in [3.63, 3.8) is 0 Å². The van der Waals surface area contributed by atoms with Gasteiger partial charge in [-0.3, -0.25) is 10.1 Å². The predicted molar refractivity (Wildman–Crippen MR) is 103 cm³/mol. The summed E-state index contributed by atoms with van der Waals surface area (Å²) in [5.41, 5.74) is 2.51. The van der Waals surface area contributed by atoms with Gasteiger partial charge in [0, 0.05) is 17.6 Å². The van der Waals surface area contributed by atoms with Crippen LogP contribution < -0.4 is 14.8 Å². The summed E-state index contributed by atoms with van der Waals surface area (Å²) < 4.78 is 21.4. The van der Waals surface area contributed by atoms with Crippen molar-refractivity contribution in [1.82, 2.24) is 10.1 Å². The first kappa shape index (κ1) is 18.5. The average Bonchev–Trinajstić information content (AvgIpc) is 3.24. The minimum atomic E-state index is -0.383. The van der Waals surface area contributed by atoms with E-state index in [1.807, 2.05) is 25.1 Å². The van der Waals surface area contributed by atoms with Gasteiger partial charge in [0.05, 0.1) is 17.9 Å². The lowest BCUT2D eigenvalue weighted by atomic mass is 10.1. The maximum absolute atomic E-state index is 12.6. The summed E-state index contributed by atoms with van der Waals surface area (Å²) in [5.74, 6) is 1.60. The molecule has 1 N–H and O–H groups in total. The highest BCUT2D eigenvalue weighted by Crippen LogP contribution is 2.37. The van der Waals surface area contributed by atoms with Gasteiger partial charge in [-0.25, -0.2) is 4.98 Å². The molecule has 0 spiro atoms. The zero-order chi connectivity index (χ0) is 19.7. The fourth-order valence-corrected chi connectivity index (χ4v) is 3.78. The van der Waals surface area contributed by atoms with Gasteiger partial charge in [0.1, 0.15) is 19.0 Å². The highest BCUT2D eigenvalue weighted by atomic mass is 32.1. The molecule has 8 nitrogen and oxygen atoms in total. The number of aryl methyl sites for hydroxylation is 2. The van der Waals surface area contributed by atoms with Crippen LogP contribution in [0.2, 0.25) is 0 Å². The van der Waals surface area contributed by atoms with E-state index in [0.717, 1.165) is 21.9 Å². The van der Waals surface area contributed by atoms with Crippen LogP contribution >= 0.6 is 11.3 Å². The summed E-state index contributed by atoms with van der Waals surface area (Å²) in [6.07, 6.45) is 0. The number of rotatable bonds is 5. The van der Waals surface area contributed by atoms with Gasteiger partial charge in [-0.05, 0) is 32.0 Å². The third kappa shape index (κ3) is 3.46. The Morgan fingerprint density at radius 3 is 2.82 bits per heavy atom. The SMILES string of the molecule is COCc1c(C(=O)Nc2nc(-c3ccc4c(c3)OCCO4)c(C)s2)noc1C. The second-order valence-electron chi connectivity index (χ2n) is 6.24. The number of anilines is 1. The molecule has 1 aliphatic heterocycles. The number of benzene rings is 1. The van der Waals surface area contributed by atoms with Crippen molar-refractivity contribution in [1.29, 1.82) is 0 Å². The number of thiazole rings is 1. The molecule has 0 aliphatic carbocycles. The third-order valence-corrected chi connectivity index (χ3v) is 5.21. The van der Waals surface area contributed by atoms with Crippen molar-refractivity contribution < 1.29 is 23.5 Å². The lowest BCUT2D eigenvalue weighted by Crippen LogP contribution is -2.15. The number of aromatic nitrogens is 2. The molecule has 3 aromatic rings. The number of hydrogen-bond donors (Lipinski definition) is 1. The Kier molecular flexibility index (Phi) is 5.01. The first-order valence-corrected chi connectivity index (χ1v) is 9.51. The van der Waals surface area contributed by atoms with Gasteiger partial charge in [-0.2, -0.15) is 0 Å². The maximum Gasteiger partial charge on any atom is 0.280 e. The molecule has 0 saturated heterocycles. The Hall–Kier alpha value is -2.91. The van der Waals surface area contributed by atoms with Crippen molar-refractivity contribution in [2.75, 3.05) is 25.6 Å². The highest BCUT2D eigenvalue weighted by Gasteiger charge is 2.22. The number of nitrogens with one attached hydrogen (secondary N) is 1. The number of carbonyl (C=O) groups is 1. The molecular weight excluding hydrogens is 382 g/mol. The molecular formula is C19H19N3O5S. The quantitative estimate of drug-likeness (QED) is 0.698. The largest absolute Gasteiger partial charge is 0.486 e. The number of fused-ring (bicyclic) bond motifs is 1. The normalized spacial score (nSPS) is 12.8. The van der Waals surface area contributed by atoms with Crippen LogP contribution in [0.4, 0.5) is 5.13 Å². The fraction of sp³-hybridized carbons (Fsp3) is 0.316. The summed E-state index contributed by atoms with van der Waals surface area (Å²) in [7, 11) is 1.55. The Labute approximate surface area is 165 Å². The van der Waals surface area contributed by atoms with Gasteiger partial charge in [-0.15, -0.1) is 11.3 Å². The standard InChI is InChI=1S/C19H19N3O5S/c1-10-13(9-24-3)17(22-27-10)18(23)21-19-20-16(11(2)28-19)12-4-5-14-15(8-12)26-7-6-25-14/h4-5,8H,6-7,9H2,1-3H3,(H,20,21,23). The number of hydrogen-bond acceptors (Lipinski definition) is 8. The molecule has 146 valence electrons. The minimum absolute atomic E-state index is 0.202. The number of methoxy groups -OCH3 is 1. The Balaban J connectivity index is 1.57. The molecule has 0 radical (unpaired) electrons. The van der Waals surface area contributed by atoms with E-state index in [2.05, 4.69) is 15.5 Å². The molecule has 3 heterocycles. The van der Waals surface area contributed by atoms with Gasteiger partial charge < -0.3 is 18.7 Å². The summed E-state index contributed by atoms with van der Waals surface area (Å²) in [5, 5.41) is 7.13. The second kappa shape index (κ2) is 7.61. The van der Waals surface area contributed by atoms with Crippen LogP contribution in [-0.2, 0) is 11.3 Å². The number of ether oxygens (including phenoxy) is 3. The zero-order valence-corrected chi connectivity index (χ0v) is 16.5. The molecule has 2 aromatic heterocycles. The zero-order valence-electron chi connectivity index (χ0n) is 15.7. The van der Waals surface area contributed by atoms with Gasteiger partial charge >= 0.3 is 0 Å². The maximum atomic E-state index is 12.6. The lowest BCUT2D eigenvalue weighted by Gasteiger charge is -2.18. The molecule has 9 heteroatoms. The van der Waals surface area contributed by atoms with Crippen molar-refractivity contribution in [3.8, 4) is 22.8 Å². The van der Waals surface area contributed by atoms with Crippen LogP contribution in [0, 0.1) is 13.8 Å². The van der Waals surface area contributed by atoms with E-state index in [9.17, 15) is 4.79 Å². The number of carbonyl (C=O) groups excluding carboxylic acids is 1. The molecule has 1 aromatic carbocycles. The van der Waals surface area contributed by atoms with E-state index in [1.165, 1.54) is 11.3 Å². The molecule has 1 aliphatic rings. The summed E-state index contributed by atoms with van der Waals surface area (Å²) in [6, 6.07) is 5.70. The van der Waals surface area contributed by atoms with Crippen LogP contribution in [0.15, 0.2) is 22.7 Å². The predicted octanol–water partition coefficient (Wildman–Crippen LogP) is 3.58. The van der Waals surface area contributed by atoms with Gasteiger partial charge in [0.15, 0.2) is 22.3 Å². The van der Waals surface area contributed by atoms with Crippen molar-refractivity contribution in [2.24, 2.45) is 0 Å². The molecule has 0 unspecified atom stereocenters. The van der Waals surface area contributed by atoms with E-state index in [1.54, 1.807) is 14.0 Å². The van der Waals surface area contributed by atoms with Gasteiger partial charge in [-0.1, -0.05) is 5.16 Å². The van der Waals surface area contributed by atoms with Gasteiger partial charge in [0.2, 0.25) is 0 Å². The molecule has 28 heavy (non-hydrogen) atoms. The van der Waals surface area contributed by atoms with Crippen molar-refractivity contribution >= 4 is 22.4 Å². The lowest BCUT2D eigenvalue weighted by molar-refractivity contribution is 0.101. The first-order valence-electron chi connectivity index (χ1n) is 8.69. The fourth-order valence-electron chi connectivity index (χ4n) is 2.95. The van der Waals surface area contributed by atoms with E-state index in [4.69, 9.17) is 18.7 Å². The first-order chi connectivity index (χ1) is 13.6. The van der Waals surface area contributed by atoms with Gasteiger partial charge in [0.25, 0.3) is 5.91 Å². The Bertz CT molecular complexity index is 1030. The van der Waals surface area contributed by atoms with Crippen LogP contribution in [0.1, 0.15) is 26.7 Å². The molecule has 0 atom stereocenters. The van der Waals surface area contributed by atoms with E-state index in [0.29, 0.717) is 35.4 Å². The average molecular weight is 401 g/mol. The topological polar surface area (TPSA) is 95.7 Å². The van der Waals surface area contributed by atoms with E-state index >= 15 is 0 Å². The number of nitrogens with zero attached hydrogens (tertiary/aromatic N) is 2. The minimum Gasteiger partial charge on any atom is -0.486 e. The second-order valence-corrected chi connectivity index (χ2v) is 7.44. The molecule has 0 bridgehead atoms. The number of amides is 1. The summed E-state index contributed by atoms with van der Waals surface area (Å²) >= 11 is 1.39. The van der Waals surface area contributed by atoms with Crippen molar-refractivity contribution in [3.05, 3.63) is 40.1 Å². The van der Waals surface area contributed by atoms with Crippen molar-refractivity contribution in [2.45, 2.75) is 20.5 Å².